The van der Waals surface area contributed by atoms with E-state index in [1.807, 2.05) is 6.92 Å². The minimum atomic E-state index is -2.80. The molecule has 5 heterocycles. The van der Waals surface area contributed by atoms with Crippen molar-refractivity contribution in [2.75, 3.05) is 32.4 Å². The summed E-state index contributed by atoms with van der Waals surface area (Å²) in [7, 11) is -2.80. The molecule has 3 aliphatic rings. The third-order valence-corrected chi connectivity index (χ3v) is 9.82. The second-order valence-electron chi connectivity index (χ2n) is 11.8. The highest BCUT2D eigenvalue weighted by atomic mass is 32.2. The predicted octanol–water partition coefficient (Wildman–Crippen LogP) is 3.83. The van der Waals surface area contributed by atoms with E-state index in [0.717, 1.165) is 76.4 Å². The third-order valence-electron chi connectivity index (χ3n) is 8.14. The molecule has 38 heavy (non-hydrogen) atoms. The molecule has 0 unspecified atom stereocenters. The van der Waals surface area contributed by atoms with Crippen LogP contribution >= 0.6 is 0 Å². The van der Waals surface area contributed by atoms with Crippen molar-refractivity contribution in [2.24, 2.45) is 0 Å². The fraction of sp³-hybridized carbons (Fsp3) is 0.786. The van der Waals surface area contributed by atoms with Gasteiger partial charge in [0, 0.05) is 56.0 Å². The zero-order valence-electron chi connectivity index (χ0n) is 24.8. The first-order chi connectivity index (χ1) is 17.9. The van der Waals surface area contributed by atoms with Crippen LogP contribution in [0.3, 0.4) is 0 Å². The second-order valence-corrected chi connectivity index (χ2v) is 14.1. The van der Waals surface area contributed by atoms with Crippen molar-refractivity contribution in [2.45, 2.75) is 111 Å². The Kier molecular flexibility index (Phi) is 11.0. The first-order valence-corrected chi connectivity index (χ1v) is 16.2. The Morgan fingerprint density at radius 3 is 2.05 bits per heavy atom. The molecule has 0 amide bonds. The lowest BCUT2D eigenvalue weighted by atomic mass is 10.0. The molecule has 10 heteroatoms. The predicted molar refractivity (Wildman–Crippen MR) is 153 cm³/mol. The van der Waals surface area contributed by atoms with Gasteiger partial charge in [0.25, 0.3) is 0 Å². The SMILES string of the molecule is CC(C)N1CCC(S(C)(=O)=O)CC1.CC(C)N1CCc2nc[nH]c2C1.Cc1noc2c1CCN(C(C)C)C2. The Morgan fingerprint density at radius 2 is 1.47 bits per heavy atom. The number of aromatic nitrogens is 3. The van der Waals surface area contributed by atoms with Gasteiger partial charge in [-0.05, 0) is 80.8 Å². The van der Waals surface area contributed by atoms with Gasteiger partial charge < -0.3 is 14.4 Å². The second kappa shape index (κ2) is 13.5. The molecule has 2 aromatic rings. The first kappa shape index (κ1) is 30.8. The van der Waals surface area contributed by atoms with Gasteiger partial charge in [0.05, 0.1) is 35.2 Å². The molecule has 0 spiro atoms. The number of nitrogens with one attached hydrogen (secondary N) is 1. The maximum Gasteiger partial charge on any atom is 0.154 e. The fourth-order valence-corrected chi connectivity index (χ4v) is 6.40. The monoisotopic (exact) mass is 550 g/mol. The molecule has 0 atom stereocenters. The molecule has 0 bridgehead atoms. The molecule has 1 N–H and O–H groups in total. The number of aromatic amines is 1. The van der Waals surface area contributed by atoms with Crippen molar-refractivity contribution in [1.29, 1.82) is 0 Å². The molecule has 2 aromatic heterocycles. The highest BCUT2D eigenvalue weighted by molar-refractivity contribution is 7.91. The first-order valence-electron chi connectivity index (χ1n) is 14.2. The highest BCUT2D eigenvalue weighted by Gasteiger charge is 2.27. The molecule has 9 nitrogen and oxygen atoms in total. The lowest BCUT2D eigenvalue weighted by Gasteiger charge is -2.33. The van der Waals surface area contributed by atoms with Gasteiger partial charge in [0.15, 0.2) is 5.76 Å². The number of aryl methyl sites for hydroxylation is 1. The molecule has 0 aromatic carbocycles. The highest BCUT2D eigenvalue weighted by Crippen LogP contribution is 2.23. The van der Waals surface area contributed by atoms with Gasteiger partial charge in [-0.2, -0.15) is 0 Å². The maximum absolute atomic E-state index is 11.2. The average molecular weight is 551 g/mol. The van der Waals surface area contributed by atoms with Crippen LogP contribution in [0.1, 0.15) is 82.8 Å². The summed E-state index contributed by atoms with van der Waals surface area (Å²) in [5.41, 5.74) is 4.96. The molecule has 0 radical (unpaired) electrons. The number of rotatable bonds is 4. The van der Waals surface area contributed by atoms with E-state index in [1.54, 1.807) is 6.33 Å². The summed E-state index contributed by atoms with van der Waals surface area (Å²) in [6, 6.07) is 1.78. The van der Waals surface area contributed by atoms with Crippen molar-refractivity contribution < 1.29 is 12.9 Å². The van der Waals surface area contributed by atoms with E-state index >= 15 is 0 Å². The van der Waals surface area contributed by atoms with Crippen LogP contribution in [0.15, 0.2) is 10.9 Å². The van der Waals surface area contributed by atoms with Crippen LogP contribution in [0.5, 0.6) is 0 Å². The van der Waals surface area contributed by atoms with Crippen LogP contribution in [-0.4, -0.2) is 94.1 Å². The molecule has 0 aliphatic carbocycles. The number of piperidine rings is 1. The van der Waals surface area contributed by atoms with Crippen LogP contribution in [-0.2, 0) is 35.8 Å². The third kappa shape index (κ3) is 8.37. The zero-order chi connectivity index (χ0) is 28.0. The summed E-state index contributed by atoms with van der Waals surface area (Å²) < 4.78 is 27.8. The minimum absolute atomic E-state index is 0.0949. The smallest absolute Gasteiger partial charge is 0.154 e. The summed E-state index contributed by atoms with van der Waals surface area (Å²) in [5.74, 6) is 1.07. The van der Waals surface area contributed by atoms with Crippen LogP contribution < -0.4 is 0 Å². The quantitative estimate of drug-likeness (QED) is 0.613. The van der Waals surface area contributed by atoms with Gasteiger partial charge in [-0.3, -0.25) is 9.80 Å². The Hall–Kier alpha value is -1.75. The maximum atomic E-state index is 11.2. The van der Waals surface area contributed by atoms with Crippen LogP contribution in [0.25, 0.3) is 0 Å². The average Bonchev–Trinajstić information content (AvgIpc) is 3.50. The van der Waals surface area contributed by atoms with E-state index in [-0.39, 0.29) is 5.25 Å². The van der Waals surface area contributed by atoms with E-state index in [4.69, 9.17) is 4.52 Å². The number of sulfone groups is 1. The van der Waals surface area contributed by atoms with Crippen LogP contribution in [0, 0.1) is 6.92 Å². The summed E-state index contributed by atoms with van der Waals surface area (Å²) in [4.78, 5) is 14.7. The van der Waals surface area contributed by atoms with Crippen molar-refractivity contribution in [3.63, 3.8) is 0 Å². The normalized spacial score (nSPS) is 19.6. The van der Waals surface area contributed by atoms with Gasteiger partial charge >= 0.3 is 0 Å². The summed E-state index contributed by atoms with van der Waals surface area (Å²) in [6.45, 7) is 21.3. The van der Waals surface area contributed by atoms with E-state index < -0.39 is 9.84 Å². The summed E-state index contributed by atoms with van der Waals surface area (Å²) in [5, 5.41) is 3.90. The molecule has 1 saturated heterocycles. The molecule has 0 saturated carbocycles. The number of fused-ring (bicyclic) bond motifs is 2. The van der Waals surface area contributed by atoms with Gasteiger partial charge in [-0.25, -0.2) is 13.4 Å². The summed E-state index contributed by atoms with van der Waals surface area (Å²) >= 11 is 0. The standard InChI is InChI=1S/C10H16N2O.C9H15N3.C9H19NO2S/c1-7(2)12-5-4-9-8(3)11-13-10(9)6-12;1-7(2)12-4-3-8-9(5-12)11-6-10-8;1-8(2)10-6-4-9(5-7-10)13(3,11)12/h7H,4-6H2,1-3H3;6-7H,3-5H2,1-2H3,(H,10,11);8-9H,4-7H2,1-3H3. The number of likely N-dealkylation sites (tertiary alicyclic amines) is 1. The van der Waals surface area contributed by atoms with Crippen LogP contribution in [0.2, 0.25) is 0 Å². The number of hydrogen-bond donors (Lipinski definition) is 1. The number of nitrogens with zero attached hydrogens (tertiary/aromatic N) is 5. The molecule has 216 valence electrons. The number of imidazole rings is 1. The van der Waals surface area contributed by atoms with Crippen molar-refractivity contribution in [3.05, 3.63) is 34.7 Å². The van der Waals surface area contributed by atoms with Crippen molar-refractivity contribution in [3.8, 4) is 0 Å². The van der Waals surface area contributed by atoms with Gasteiger partial charge in [-0.15, -0.1) is 0 Å². The van der Waals surface area contributed by atoms with Gasteiger partial charge in [0.1, 0.15) is 9.84 Å². The fourth-order valence-electron chi connectivity index (χ4n) is 5.33. The Balaban J connectivity index is 0.000000158. The number of H-pyrrole nitrogens is 1. The Labute approximate surface area is 230 Å². The molecular weight excluding hydrogens is 500 g/mol. The van der Waals surface area contributed by atoms with E-state index in [2.05, 4.69) is 71.4 Å². The minimum Gasteiger partial charge on any atom is -0.359 e. The lowest BCUT2D eigenvalue weighted by molar-refractivity contribution is 0.177. The molecule has 1 fully saturated rings. The number of hydrogen-bond acceptors (Lipinski definition) is 8. The van der Waals surface area contributed by atoms with E-state index in [1.165, 1.54) is 23.2 Å². The lowest BCUT2D eigenvalue weighted by Crippen LogP contribution is -2.42. The van der Waals surface area contributed by atoms with Gasteiger partial charge in [-0.1, -0.05) is 5.16 Å². The largest absolute Gasteiger partial charge is 0.359 e. The molecular formula is C28H50N6O3S. The Morgan fingerprint density at radius 1 is 0.895 bits per heavy atom. The molecule has 5 rings (SSSR count). The van der Waals surface area contributed by atoms with E-state index in [0.29, 0.717) is 18.1 Å². The van der Waals surface area contributed by atoms with Gasteiger partial charge in [0.2, 0.25) is 0 Å². The summed E-state index contributed by atoms with van der Waals surface area (Å²) in [6.07, 6.45) is 6.94. The van der Waals surface area contributed by atoms with Crippen molar-refractivity contribution in [1.82, 2.24) is 29.8 Å². The zero-order valence-corrected chi connectivity index (χ0v) is 25.6. The topological polar surface area (TPSA) is 98.6 Å². The molecule has 3 aliphatic heterocycles. The van der Waals surface area contributed by atoms with E-state index in [9.17, 15) is 8.42 Å². The van der Waals surface area contributed by atoms with Crippen LogP contribution in [0.4, 0.5) is 0 Å². The van der Waals surface area contributed by atoms with Crippen molar-refractivity contribution >= 4 is 9.84 Å². The Bertz CT molecular complexity index is 1100.